The second-order valence-electron chi connectivity index (χ2n) is 3.43. The fourth-order valence-electron chi connectivity index (χ4n) is 1.64. The molecule has 2 heterocycles. The Morgan fingerprint density at radius 2 is 2.50 bits per heavy atom. The normalized spacial score (nSPS) is 12.9. The summed E-state index contributed by atoms with van der Waals surface area (Å²) in [7, 11) is 0. The van der Waals surface area contributed by atoms with E-state index in [1.165, 1.54) is 4.88 Å². The third-order valence-corrected chi connectivity index (χ3v) is 3.47. The number of thiazole rings is 1. The average molecular weight is 257 g/mol. The summed E-state index contributed by atoms with van der Waals surface area (Å²) in [5.41, 5.74) is 2.85. The molecule has 2 aromatic heterocycles. The van der Waals surface area contributed by atoms with E-state index in [2.05, 4.69) is 17.2 Å². The van der Waals surface area contributed by atoms with Gasteiger partial charge in [0.1, 0.15) is 0 Å². The Hall–Kier alpha value is -0.840. The van der Waals surface area contributed by atoms with Crippen LogP contribution >= 0.6 is 22.9 Å². The maximum absolute atomic E-state index is 5.99. The third-order valence-electron chi connectivity index (χ3n) is 2.36. The van der Waals surface area contributed by atoms with Gasteiger partial charge in [-0.2, -0.15) is 0 Å². The van der Waals surface area contributed by atoms with Crippen LogP contribution in [0.2, 0.25) is 5.22 Å². The Morgan fingerprint density at radius 3 is 3.06 bits per heavy atom. The second-order valence-corrected chi connectivity index (χ2v) is 4.75. The zero-order valence-electron chi connectivity index (χ0n) is 8.94. The van der Waals surface area contributed by atoms with E-state index in [-0.39, 0.29) is 6.04 Å². The number of hydrogen-bond donors (Lipinski definition) is 1. The highest BCUT2D eigenvalue weighted by molar-refractivity contribution is 7.09. The van der Waals surface area contributed by atoms with Crippen LogP contribution in [0.25, 0.3) is 0 Å². The molecule has 1 unspecified atom stereocenters. The number of aromatic nitrogens is 1. The Balaban J connectivity index is 2.14. The van der Waals surface area contributed by atoms with Crippen LogP contribution in [0.4, 0.5) is 0 Å². The molecule has 0 amide bonds. The Bertz CT molecular complexity index is 427. The van der Waals surface area contributed by atoms with E-state index >= 15 is 0 Å². The smallest absolute Gasteiger partial charge is 0.197 e. The molecule has 0 aliphatic rings. The Kier molecular flexibility index (Phi) is 3.98. The van der Waals surface area contributed by atoms with Crippen molar-refractivity contribution in [2.45, 2.75) is 19.4 Å². The van der Waals surface area contributed by atoms with Crippen LogP contribution in [0.3, 0.4) is 0 Å². The molecule has 2 rings (SSSR count). The predicted molar refractivity (Wildman–Crippen MR) is 66.0 cm³/mol. The molecule has 0 radical (unpaired) electrons. The van der Waals surface area contributed by atoms with Gasteiger partial charge >= 0.3 is 0 Å². The van der Waals surface area contributed by atoms with Crippen LogP contribution in [-0.2, 0) is 6.42 Å². The molecule has 0 saturated heterocycles. The van der Waals surface area contributed by atoms with Gasteiger partial charge in [-0.15, -0.1) is 11.3 Å². The van der Waals surface area contributed by atoms with Gasteiger partial charge in [-0.25, -0.2) is 0 Å². The van der Waals surface area contributed by atoms with Crippen molar-refractivity contribution in [1.29, 1.82) is 0 Å². The molecule has 16 heavy (non-hydrogen) atoms. The molecule has 3 nitrogen and oxygen atoms in total. The number of halogens is 1. The minimum atomic E-state index is 0.191. The SMILES string of the molecule is CCNC(Cc1cncs1)c1ccoc1Cl. The molecule has 0 saturated carbocycles. The first-order valence-electron chi connectivity index (χ1n) is 5.15. The lowest BCUT2D eigenvalue weighted by Gasteiger charge is -2.15. The highest BCUT2D eigenvalue weighted by Crippen LogP contribution is 2.27. The molecule has 5 heteroatoms. The summed E-state index contributed by atoms with van der Waals surface area (Å²) >= 11 is 7.65. The zero-order valence-corrected chi connectivity index (χ0v) is 10.5. The first-order chi connectivity index (χ1) is 7.81. The van der Waals surface area contributed by atoms with Gasteiger partial charge in [0.25, 0.3) is 0 Å². The van der Waals surface area contributed by atoms with Crippen LogP contribution < -0.4 is 5.32 Å². The van der Waals surface area contributed by atoms with E-state index < -0.39 is 0 Å². The summed E-state index contributed by atoms with van der Waals surface area (Å²) in [5, 5.41) is 3.87. The van der Waals surface area contributed by atoms with Crippen LogP contribution in [0.1, 0.15) is 23.4 Å². The predicted octanol–water partition coefficient (Wildman–Crippen LogP) is 3.28. The number of likely N-dealkylation sites (N-methyl/N-ethyl adjacent to an activating group) is 1. The number of rotatable bonds is 5. The van der Waals surface area contributed by atoms with E-state index in [0.717, 1.165) is 18.5 Å². The van der Waals surface area contributed by atoms with Gasteiger partial charge in [0, 0.05) is 29.1 Å². The van der Waals surface area contributed by atoms with Crippen molar-refractivity contribution in [1.82, 2.24) is 10.3 Å². The number of nitrogens with one attached hydrogen (secondary N) is 1. The summed E-state index contributed by atoms with van der Waals surface area (Å²) in [6, 6.07) is 2.10. The lowest BCUT2D eigenvalue weighted by molar-refractivity contribution is 0.528. The van der Waals surface area contributed by atoms with E-state index in [1.807, 2.05) is 17.8 Å². The molecule has 0 spiro atoms. The maximum atomic E-state index is 5.99. The molecule has 1 N–H and O–H groups in total. The monoisotopic (exact) mass is 256 g/mol. The van der Waals surface area contributed by atoms with E-state index in [9.17, 15) is 0 Å². The summed E-state index contributed by atoms with van der Waals surface area (Å²) in [4.78, 5) is 5.31. The van der Waals surface area contributed by atoms with Crippen molar-refractivity contribution in [2.75, 3.05) is 6.54 Å². The molecule has 86 valence electrons. The van der Waals surface area contributed by atoms with Crippen molar-refractivity contribution in [3.63, 3.8) is 0 Å². The molecule has 2 aromatic rings. The summed E-state index contributed by atoms with van der Waals surface area (Å²) in [5.74, 6) is 0. The van der Waals surface area contributed by atoms with Crippen molar-refractivity contribution < 1.29 is 4.42 Å². The van der Waals surface area contributed by atoms with E-state index in [0.29, 0.717) is 5.22 Å². The van der Waals surface area contributed by atoms with Crippen LogP contribution in [0, 0.1) is 0 Å². The molecule has 1 atom stereocenters. The summed E-state index contributed by atoms with van der Waals surface area (Å²) in [6.07, 6.45) is 4.40. The first-order valence-corrected chi connectivity index (χ1v) is 6.40. The van der Waals surface area contributed by atoms with Gasteiger partial charge in [-0.1, -0.05) is 6.92 Å². The largest absolute Gasteiger partial charge is 0.453 e. The van der Waals surface area contributed by atoms with Crippen LogP contribution in [0.5, 0.6) is 0 Å². The summed E-state index contributed by atoms with van der Waals surface area (Å²) < 4.78 is 5.12. The topological polar surface area (TPSA) is 38.1 Å². The molecular formula is C11H13ClN2OS. The van der Waals surface area contributed by atoms with Gasteiger partial charge < -0.3 is 9.73 Å². The Morgan fingerprint density at radius 1 is 1.62 bits per heavy atom. The molecule has 0 aromatic carbocycles. The fraction of sp³-hybridized carbons (Fsp3) is 0.364. The van der Waals surface area contributed by atoms with E-state index in [1.54, 1.807) is 17.6 Å². The lowest BCUT2D eigenvalue weighted by Crippen LogP contribution is -2.22. The number of furan rings is 1. The highest BCUT2D eigenvalue weighted by atomic mass is 35.5. The molecular weight excluding hydrogens is 244 g/mol. The van der Waals surface area contributed by atoms with Gasteiger partial charge in [-0.3, -0.25) is 4.98 Å². The zero-order chi connectivity index (χ0) is 11.4. The first kappa shape index (κ1) is 11.6. The molecule has 0 bridgehead atoms. The lowest BCUT2D eigenvalue weighted by atomic mass is 10.1. The van der Waals surface area contributed by atoms with Crippen molar-refractivity contribution in [2.24, 2.45) is 0 Å². The minimum Gasteiger partial charge on any atom is -0.453 e. The van der Waals surface area contributed by atoms with Crippen LogP contribution in [-0.4, -0.2) is 11.5 Å². The quantitative estimate of drug-likeness (QED) is 0.892. The highest BCUT2D eigenvalue weighted by Gasteiger charge is 2.17. The molecule has 0 fully saturated rings. The number of nitrogens with zero attached hydrogens (tertiary/aromatic N) is 1. The Labute approximate surface area is 103 Å². The standard InChI is InChI=1S/C11H13ClN2OS/c1-2-14-10(5-8-6-13-7-16-8)9-3-4-15-11(9)12/h3-4,6-7,10,14H,2,5H2,1H3. The minimum absolute atomic E-state index is 0.191. The van der Waals surface area contributed by atoms with Crippen LogP contribution in [0.15, 0.2) is 28.5 Å². The fourth-order valence-corrected chi connectivity index (χ4v) is 2.52. The third kappa shape index (κ3) is 2.64. The van der Waals surface area contributed by atoms with Gasteiger partial charge in [0.15, 0.2) is 5.22 Å². The molecule has 0 aliphatic carbocycles. The molecule has 0 aliphatic heterocycles. The summed E-state index contributed by atoms with van der Waals surface area (Å²) in [6.45, 7) is 2.97. The van der Waals surface area contributed by atoms with Crippen molar-refractivity contribution in [3.8, 4) is 0 Å². The maximum Gasteiger partial charge on any atom is 0.197 e. The van der Waals surface area contributed by atoms with Crippen molar-refractivity contribution >= 4 is 22.9 Å². The van der Waals surface area contributed by atoms with Crippen molar-refractivity contribution in [3.05, 3.63) is 39.7 Å². The van der Waals surface area contributed by atoms with Gasteiger partial charge in [0.2, 0.25) is 0 Å². The average Bonchev–Trinajstić information content (AvgIpc) is 2.88. The van der Waals surface area contributed by atoms with E-state index in [4.69, 9.17) is 16.0 Å². The van der Waals surface area contributed by atoms with Gasteiger partial charge in [0.05, 0.1) is 11.8 Å². The van der Waals surface area contributed by atoms with Gasteiger partial charge in [-0.05, 0) is 24.2 Å². The second kappa shape index (κ2) is 5.48. The number of hydrogen-bond acceptors (Lipinski definition) is 4.